The maximum absolute atomic E-state index is 12.4. The number of piperidine rings is 1. The zero-order valence-electron chi connectivity index (χ0n) is 13.3. The molecule has 5 nitrogen and oxygen atoms in total. The molecule has 2 atom stereocenters. The van der Waals surface area contributed by atoms with E-state index in [1.54, 1.807) is 0 Å². The van der Waals surface area contributed by atoms with Gasteiger partial charge in [-0.05, 0) is 45.2 Å². The van der Waals surface area contributed by atoms with Crippen molar-refractivity contribution < 1.29 is 4.79 Å². The molecule has 2 unspecified atom stereocenters. The topological polar surface area (TPSA) is 59.0 Å². The number of carbonyl (C=O) groups is 1. The molecule has 3 heterocycles. The summed E-state index contributed by atoms with van der Waals surface area (Å²) in [6.07, 6.45) is 6.15. The van der Waals surface area contributed by atoms with Crippen LogP contribution in [-0.2, 0) is 6.42 Å². The quantitative estimate of drug-likeness (QED) is 0.894. The number of amides is 1. The van der Waals surface area contributed by atoms with Gasteiger partial charge in [-0.25, -0.2) is 0 Å². The fraction of sp³-hybridized carbons (Fsp3) is 0.750. The maximum atomic E-state index is 12.4. The molecule has 0 bridgehead atoms. The predicted molar refractivity (Wildman–Crippen MR) is 82.4 cm³/mol. The minimum atomic E-state index is -0.0528. The van der Waals surface area contributed by atoms with E-state index in [2.05, 4.69) is 42.7 Å². The van der Waals surface area contributed by atoms with E-state index in [9.17, 15) is 4.79 Å². The molecule has 1 aromatic rings. The van der Waals surface area contributed by atoms with Gasteiger partial charge in [0.1, 0.15) is 0 Å². The number of hydrogen-bond acceptors (Lipinski definition) is 3. The first-order valence-electron chi connectivity index (χ1n) is 8.16. The third-order valence-electron chi connectivity index (χ3n) is 5.38. The van der Waals surface area contributed by atoms with Crippen molar-refractivity contribution in [1.82, 2.24) is 20.4 Å². The van der Waals surface area contributed by atoms with Crippen molar-refractivity contribution in [2.75, 3.05) is 13.1 Å². The van der Waals surface area contributed by atoms with Crippen LogP contribution in [0.5, 0.6) is 0 Å². The Morgan fingerprint density at radius 3 is 2.76 bits per heavy atom. The van der Waals surface area contributed by atoms with Gasteiger partial charge >= 0.3 is 0 Å². The van der Waals surface area contributed by atoms with Crippen molar-refractivity contribution in [3.63, 3.8) is 0 Å². The Labute approximate surface area is 126 Å². The second-order valence-corrected chi connectivity index (χ2v) is 6.77. The van der Waals surface area contributed by atoms with Gasteiger partial charge in [0.05, 0.1) is 6.04 Å². The average Bonchev–Trinajstić information content (AvgIpc) is 2.90. The zero-order valence-corrected chi connectivity index (χ0v) is 13.3. The van der Waals surface area contributed by atoms with Crippen LogP contribution in [0.2, 0.25) is 0 Å². The van der Waals surface area contributed by atoms with Crippen molar-refractivity contribution in [1.29, 1.82) is 0 Å². The molecule has 1 fully saturated rings. The Morgan fingerprint density at radius 2 is 2.10 bits per heavy atom. The van der Waals surface area contributed by atoms with Crippen LogP contribution >= 0.6 is 0 Å². The Hall–Kier alpha value is -1.36. The molecule has 2 aliphatic heterocycles. The SMILES string of the molecule is CCC(C)C(C)n1cc2c(n1)C(=O)NC1(CCNCC1)C2. The maximum Gasteiger partial charge on any atom is 0.272 e. The fourth-order valence-electron chi connectivity index (χ4n) is 3.48. The summed E-state index contributed by atoms with van der Waals surface area (Å²) in [4.78, 5) is 12.4. The molecule has 0 aliphatic carbocycles. The summed E-state index contributed by atoms with van der Waals surface area (Å²) in [7, 11) is 0. The molecule has 21 heavy (non-hydrogen) atoms. The molecule has 1 amide bonds. The molecule has 1 aromatic heterocycles. The lowest BCUT2D eigenvalue weighted by atomic mass is 9.80. The first-order valence-corrected chi connectivity index (χ1v) is 8.16. The number of rotatable bonds is 3. The third kappa shape index (κ3) is 2.59. The Bertz CT molecular complexity index is 530. The fourth-order valence-corrected chi connectivity index (χ4v) is 3.48. The number of hydrogen-bond donors (Lipinski definition) is 2. The van der Waals surface area contributed by atoms with Crippen LogP contribution in [-0.4, -0.2) is 34.3 Å². The summed E-state index contributed by atoms with van der Waals surface area (Å²) in [5, 5.41) is 11.2. The zero-order chi connectivity index (χ0) is 15.0. The van der Waals surface area contributed by atoms with Crippen molar-refractivity contribution in [3.8, 4) is 0 Å². The molecule has 1 saturated heterocycles. The van der Waals surface area contributed by atoms with E-state index in [1.807, 2.05) is 4.68 Å². The molecular weight excluding hydrogens is 264 g/mol. The lowest BCUT2D eigenvalue weighted by Crippen LogP contribution is -2.58. The summed E-state index contributed by atoms with van der Waals surface area (Å²) in [5.41, 5.74) is 1.70. The van der Waals surface area contributed by atoms with Crippen molar-refractivity contribution in [2.24, 2.45) is 5.92 Å². The van der Waals surface area contributed by atoms with E-state index in [0.29, 0.717) is 17.7 Å². The van der Waals surface area contributed by atoms with Crippen LogP contribution < -0.4 is 10.6 Å². The van der Waals surface area contributed by atoms with Crippen molar-refractivity contribution >= 4 is 5.91 Å². The highest BCUT2D eigenvalue weighted by molar-refractivity contribution is 5.95. The van der Waals surface area contributed by atoms with E-state index in [4.69, 9.17) is 0 Å². The van der Waals surface area contributed by atoms with E-state index in [1.165, 1.54) is 0 Å². The normalized spacial score (nSPS) is 23.5. The minimum Gasteiger partial charge on any atom is -0.345 e. The number of nitrogens with zero attached hydrogens (tertiary/aromatic N) is 2. The third-order valence-corrected chi connectivity index (χ3v) is 5.38. The van der Waals surface area contributed by atoms with Gasteiger partial charge in [-0.15, -0.1) is 0 Å². The second kappa shape index (κ2) is 5.44. The van der Waals surface area contributed by atoms with Gasteiger partial charge in [0.2, 0.25) is 0 Å². The molecular formula is C16H26N4O. The Kier molecular flexibility index (Phi) is 3.78. The van der Waals surface area contributed by atoms with E-state index in [0.717, 1.165) is 44.3 Å². The average molecular weight is 290 g/mol. The van der Waals surface area contributed by atoms with Crippen LogP contribution in [0.3, 0.4) is 0 Å². The van der Waals surface area contributed by atoms with Gasteiger partial charge in [-0.2, -0.15) is 5.10 Å². The monoisotopic (exact) mass is 290 g/mol. The largest absolute Gasteiger partial charge is 0.345 e. The Balaban J connectivity index is 1.87. The van der Waals surface area contributed by atoms with Crippen LogP contribution in [0.25, 0.3) is 0 Å². The van der Waals surface area contributed by atoms with E-state index >= 15 is 0 Å². The number of carbonyl (C=O) groups excluding carboxylic acids is 1. The smallest absolute Gasteiger partial charge is 0.272 e. The first kappa shape index (κ1) is 14.6. The highest BCUT2D eigenvalue weighted by atomic mass is 16.2. The molecule has 0 radical (unpaired) electrons. The van der Waals surface area contributed by atoms with Gasteiger partial charge in [-0.1, -0.05) is 20.3 Å². The van der Waals surface area contributed by atoms with Gasteiger partial charge < -0.3 is 10.6 Å². The molecule has 5 heteroatoms. The first-order chi connectivity index (χ1) is 10.0. The molecule has 0 saturated carbocycles. The Morgan fingerprint density at radius 1 is 1.38 bits per heavy atom. The van der Waals surface area contributed by atoms with Gasteiger partial charge in [0.25, 0.3) is 5.91 Å². The standard InChI is InChI=1S/C16H26N4O/c1-4-11(2)12(3)20-10-13-9-16(5-7-17-8-6-16)18-15(21)14(13)19-20/h10-12,17H,4-9H2,1-3H3,(H,18,21). The molecule has 2 N–H and O–H groups in total. The van der Waals surface area contributed by atoms with Crippen LogP contribution in [0.1, 0.15) is 62.1 Å². The lowest BCUT2D eigenvalue weighted by Gasteiger charge is -2.40. The molecule has 3 rings (SSSR count). The predicted octanol–water partition coefficient (Wildman–Crippen LogP) is 1.90. The molecule has 2 aliphatic rings. The highest BCUT2D eigenvalue weighted by Gasteiger charge is 2.40. The molecule has 1 spiro atoms. The van der Waals surface area contributed by atoms with E-state index < -0.39 is 0 Å². The summed E-state index contributed by atoms with van der Waals surface area (Å²) in [5.74, 6) is 0.565. The molecule has 116 valence electrons. The lowest BCUT2D eigenvalue weighted by molar-refractivity contribution is 0.0845. The molecule has 0 aromatic carbocycles. The summed E-state index contributed by atoms with van der Waals surface area (Å²) in [6, 6.07) is 0.331. The van der Waals surface area contributed by atoms with Crippen LogP contribution in [0.15, 0.2) is 6.20 Å². The van der Waals surface area contributed by atoms with Crippen LogP contribution in [0, 0.1) is 5.92 Å². The van der Waals surface area contributed by atoms with Gasteiger partial charge in [0, 0.05) is 17.3 Å². The van der Waals surface area contributed by atoms with E-state index in [-0.39, 0.29) is 11.4 Å². The summed E-state index contributed by atoms with van der Waals surface area (Å²) >= 11 is 0. The number of nitrogens with one attached hydrogen (secondary N) is 2. The highest BCUT2D eigenvalue weighted by Crippen LogP contribution is 2.31. The van der Waals surface area contributed by atoms with Gasteiger partial charge in [-0.3, -0.25) is 9.48 Å². The minimum absolute atomic E-state index is 0.00764. The number of aromatic nitrogens is 2. The van der Waals surface area contributed by atoms with Crippen molar-refractivity contribution in [2.45, 2.75) is 58.0 Å². The second-order valence-electron chi connectivity index (χ2n) is 6.77. The summed E-state index contributed by atoms with van der Waals surface area (Å²) < 4.78 is 2.00. The van der Waals surface area contributed by atoms with Crippen LogP contribution in [0.4, 0.5) is 0 Å². The number of fused-ring (bicyclic) bond motifs is 1. The van der Waals surface area contributed by atoms with Crippen molar-refractivity contribution in [3.05, 3.63) is 17.5 Å². The van der Waals surface area contributed by atoms with Gasteiger partial charge in [0.15, 0.2) is 5.69 Å². The summed E-state index contributed by atoms with van der Waals surface area (Å²) in [6.45, 7) is 8.58.